The van der Waals surface area contributed by atoms with Gasteiger partial charge >= 0.3 is 29.6 Å². The van der Waals surface area contributed by atoms with Crippen LogP contribution in [0.25, 0.3) is 0 Å². The maximum atomic E-state index is 7.18. The van der Waals surface area contributed by atoms with E-state index in [-0.39, 0.29) is 29.6 Å². The monoisotopic (exact) mass is 140 g/mol. The number of hydrogen-bond acceptors (Lipinski definition) is 4. The van der Waals surface area contributed by atoms with Crippen molar-refractivity contribution in [1.82, 2.24) is 0 Å². The molecule has 0 aromatic carbocycles. The van der Waals surface area contributed by atoms with E-state index in [2.05, 4.69) is 25.3 Å². The van der Waals surface area contributed by atoms with Crippen LogP contribution in [-0.2, 0) is 12.6 Å². The molecule has 0 unspecified atom stereocenters. The van der Waals surface area contributed by atoms with E-state index in [0.29, 0.717) is 0 Å². The summed E-state index contributed by atoms with van der Waals surface area (Å²) in [5.74, 6) is 0. The molecule has 0 saturated heterocycles. The van der Waals surface area contributed by atoms with Gasteiger partial charge in [0.1, 0.15) is 5.40 Å². The number of thiocyanates is 2. The minimum Gasteiger partial charge on any atom is -0.696 e. The van der Waals surface area contributed by atoms with E-state index in [1.807, 2.05) is 0 Å². The number of nitriles is 2. The number of nitrogens with zero attached hydrogens (tertiary/aromatic N) is 2. The Hall–Kier alpha value is 0.550. The zero-order valence-electron chi connectivity index (χ0n) is 3.75. The molecule has 0 bridgehead atoms. The normalized spacial score (nSPS) is 2.14. The van der Waals surface area contributed by atoms with Crippen molar-refractivity contribution in [1.29, 1.82) is 10.5 Å². The van der Waals surface area contributed by atoms with Crippen molar-refractivity contribution >= 4 is 25.3 Å². The van der Waals surface area contributed by atoms with E-state index in [4.69, 9.17) is 10.5 Å². The van der Waals surface area contributed by atoms with Crippen LogP contribution in [-0.4, -0.2) is 0 Å². The molecule has 0 aliphatic carbocycles. The SMILES string of the molecule is N#CS.N#C[S-].[Na+]. The molecular weight excluding hydrogens is 139 g/mol. The molecule has 0 aliphatic rings. The Morgan fingerprint density at radius 3 is 1.43 bits per heavy atom. The van der Waals surface area contributed by atoms with Crippen molar-refractivity contribution in [3.05, 3.63) is 0 Å². The minimum atomic E-state index is 0. The molecule has 5 heteroatoms. The van der Waals surface area contributed by atoms with Crippen LogP contribution in [0.3, 0.4) is 0 Å². The van der Waals surface area contributed by atoms with Crippen LogP contribution < -0.4 is 29.6 Å². The van der Waals surface area contributed by atoms with E-state index in [1.54, 1.807) is 0 Å². The van der Waals surface area contributed by atoms with Gasteiger partial charge in [0.25, 0.3) is 0 Å². The van der Waals surface area contributed by atoms with Crippen LogP contribution in [0, 0.1) is 21.3 Å². The van der Waals surface area contributed by atoms with Crippen molar-refractivity contribution in [2.45, 2.75) is 0 Å². The Balaban J connectivity index is -0.0000000400. The summed E-state index contributed by atoms with van der Waals surface area (Å²) < 4.78 is 0. The zero-order chi connectivity index (χ0) is 5.41. The summed E-state index contributed by atoms with van der Waals surface area (Å²) in [4.78, 5) is 0. The van der Waals surface area contributed by atoms with E-state index in [1.165, 1.54) is 10.8 Å². The summed E-state index contributed by atoms with van der Waals surface area (Å²) in [6.45, 7) is 0. The molecular formula is C2HN2NaS2. The molecule has 0 saturated carbocycles. The summed E-state index contributed by atoms with van der Waals surface area (Å²) in [7, 11) is 0. The predicted octanol–water partition coefficient (Wildman–Crippen LogP) is -2.58. The summed E-state index contributed by atoms with van der Waals surface area (Å²) in [6.07, 6.45) is 0. The Morgan fingerprint density at radius 1 is 1.43 bits per heavy atom. The van der Waals surface area contributed by atoms with Crippen molar-refractivity contribution in [2.24, 2.45) is 0 Å². The van der Waals surface area contributed by atoms with Gasteiger partial charge in [-0.2, -0.15) is 5.26 Å². The standard InChI is InChI=1S/2CHNS.Na/c2*2-1-3;/h2*3H;/q;;+1/p-1. The van der Waals surface area contributed by atoms with Gasteiger partial charge in [-0.15, -0.1) is 0 Å². The smallest absolute Gasteiger partial charge is 0.696 e. The van der Waals surface area contributed by atoms with Gasteiger partial charge in [-0.1, -0.05) is 18.0 Å². The Morgan fingerprint density at radius 2 is 1.43 bits per heavy atom. The predicted molar refractivity (Wildman–Crippen MR) is 27.6 cm³/mol. The maximum absolute atomic E-state index is 7.18. The fraction of sp³-hybridized carbons (Fsp3) is 0. The average molecular weight is 140 g/mol. The Bertz CT molecular complexity index is 68.7. The van der Waals surface area contributed by atoms with Gasteiger partial charge in [0.05, 0.1) is 0 Å². The molecule has 0 rings (SSSR count). The molecule has 7 heavy (non-hydrogen) atoms. The molecule has 0 heterocycles. The molecule has 0 N–H and O–H groups in total. The van der Waals surface area contributed by atoms with E-state index >= 15 is 0 Å². The van der Waals surface area contributed by atoms with E-state index in [9.17, 15) is 0 Å². The first-order valence-electron chi connectivity index (χ1n) is 0.875. The summed E-state index contributed by atoms with van der Waals surface area (Å²) in [6, 6.07) is 0. The molecule has 0 fully saturated rings. The van der Waals surface area contributed by atoms with Crippen LogP contribution in [0.4, 0.5) is 0 Å². The zero-order valence-corrected chi connectivity index (χ0v) is 7.46. The molecule has 2 nitrogen and oxygen atoms in total. The summed E-state index contributed by atoms with van der Waals surface area (Å²) >= 11 is 6.79. The first kappa shape index (κ1) is 15.6. The third-order valence-electron chi connectivity index (χ3n) is 0. The van der Waals surface area contributed by atoms with Crippen LogP contribution >= 0.6 is 12.6 Å². The van der Waals surface area contributed by atoms with Crippen molar-refractivity contribution in [3.63, 3.8) is 0 Å². The average Bonchev–Trinajstić information content (AvgIpc) is 1.39. The van der Waals surface area contributed by atoms with Crippen LogP contribution in [0.5, 0.6) is 0 Å². The van der Waals surface area contributed by atoms with Crippen LogP contribution in [0.1, 0.15) is 0 Å². The second-order valence-electron chi connectivity index (χ2n) is 0.191. The van der Waals surface area contributed by atoms with Crippen LogP contribution in [0.2, 0.25) is 0 Å². The van der Waals surface area contributed by atoms with Gasteiger partial charge in [-0.05, 0) is 0 Å². The molecule has 0 aliphatic heterocycles. The van der Waals surface area contributed by atoms with E-state index < -0.39 is 0 Å². The maximum Gasteiger partial charge on any atom is 1.00 e. The largest absolute Gasteiger partial charge is 1.00 e. The van der Waals surface area contributed by atoms with Gasteiger partial charge in [0.15, 0.2) is 0 Å². The molecule has 0 aromatic heterocycles. The molecule has 0 atom stereocenters. The van der Waals surface area contributed by atoms with Crippen LogP contribution in [0.15, 0.2) is 0 Å². The fourth-order valence-electron chi connectivity index (χ4n) is 0. The molecule has 0 radical (unpaired) electrons. The van der Waals surface area contributed by atoms with Crippen molar-refractivity contribution in [2.75, 3.05) is 0 Å². The molecule has 0 amide bonds. The first-order chi connectivity index (χ1) is 2.83. The third kappa shape index (κ3) is 448. The molecule has 0 aromatic rings. The third-order valence-corrected chi connectivity index (χ3v) is 0. The minimum absolute atomic E-state index is 0. The van der Waals surface area contributed by atoms with Gasteiger partial charge < -0.3 is 12.6 Å². The first-order valence-corrected chi connectivity index (χ1v) is 1.73. The van der Waals surface area contributed by atoms with Gasteiger partial charge in [0.2, 0.25) is 0 Å². The van der Waals surface area contributed by atoms with Crippen molar-refractivity contribution in [3.8, 4) is 10.8 Å². The number of rotatable bonds is 0. The number of hydrogen-bond donors (Lipinski definition) is 1. The number of thiol groups is 1. The quantitative estimate of drug-likeness (QED) is 0.174. The second-order valence-corrected chi connectivity index (χ2v) is 0.574. The van der Waals surface area contributed by atoms with Gasteiger partial charge in [-0.25, -0.2) is 5.26 Å². The molecule has 0 spiro atoms. The van der Waals surface area contributed by atoms with Gasteiger partial charge in [0, 0.05) is 0 Å². The topological polar surface area (TPSA) is 47.6 Å². The van der Waals surface area contributed by atoms with E-state index in [0.717, 1.165) is 0 Å². The summed E-state index contributed by atoms with van der Waals surface area (Å²) in [5.41, 5.74) is 0. The van der Waals surface area contributed by atoms with Crippen molar-refractivity contribution < 1.29 is 29.6 Å². The molecule has 32 valence electrons. The Labute approximate surface area is 75.6 Å². The van der Waals surface area contributed by atoms with Gasteiger partial charge in [-0.3, -0.25) is 0 Å². The Kier molecular flexibility index (Phi) is 69.4. The second kappa shape index (κ2) is 31.0. The summed E-state index contributed by atoms with van der Waals surface area (Å²) in [5, 5.41) is 17.1. The fourth-order valence-corrected chi connectivity index (χ4v) is 0.